The van der Waals surface area contributed by atoms with Crippen molar-refractivity contribution in [2.24, 2.45) is 0 Å². The van der Waals surface area contributed by atoms with E-state index < -0.39 is 11.5 Å². The molecule has 14 heavy (non-hydrogen) atoms. The number of aliphatic carboxylic acids is 1. The van der Waals surface area contributed by atoms with Crippen LogP contribution < -0.4 is 5.32 Å². The fourth-order valence-corrected chi connectivity index (χ4v) is 0.972. The Kier molecular flexibility index (Phi) is 2.78. The first-order valence-electron chi connectivity index (χ1n) is 4.30. The molecule has 1 aliphatic rings. The van der Waals surface area contributed by atoms with Crippen LogP contribution in [0, 0.1) is 0 Å². The maximum Gasteiger partial charge on any atom is 0.328 e. The lowest BCUT2D eigenvalue weighted by Gasteiger charge is -2.20. The second-order valence-corrected chi connectivity index (χ2v) is 3.65. The van der Waals surface area contributed by atoms with E-state index >= 15 is 0 Å². The van der Waals surface area contributed by atoms with E-state index in [0.717, 1.165) is 0 Å². The highest BCUT2D eigenvalue weighted by molar-refractivity contribution is 5.97. The van der Waals surface area contributed by atoms with Gasteiger partial charge in [0.25, 0.3) is 5.91 Å². The number of rotatable bonds is 3. The van der Waals surface area contributed by atoms with Crippen LogP contribution in [0.4, 0.5) is 0 Å². The molecule has 0 saturated carbocycles. The molecule has 78 valence electrons. The van der Waals surface area contributed by atoms with Crippen molar-refractivity contribution in [1.29, 1.82) is 0 Å². The van der Waals surface area contributed by atoms with Gasteiger partial charge in [-0.15, -0.1) is 0 Å². The number of amides is 1. The summed E-state index contributed by atoms with van der Waals surface area (Å²) < 4.78 is 4.88. The molecule has 5 heteroatoms. The smallest absolute Gasteiger partial charge is 0.328 e. The Morgan fingerprint density at radius 3 is 2.64 bits per heavy atom. The summed E-state index contributed by atoms with van der Waals surface area (Å²) in [5, 5.41) is 11.2. The average molecular weight is 199 g/mol. The predicted molar refractivity (Wildman–Crippen MR) is 48.5 cm³/mol. The second-order valence-electron chi connectivity index (χ2n) is 3.65. The summed E-state index contributed by atoms with van der Waals surface area (Å²) in [6, 6.07) is 0. The van der Waals surface area contributed by atoms with Crippen molar-refractivity contribution < 1.29 is 19.4 Å². The second kappa shape index (κ2) is 3.69. The Morgan fingerprint density at radius 2 is 2.21 bits per heavy atom. The standard InChI is InChI=1S/C9H13NO4/c1-9(2,8(12)13)10-7(11)6-3-4-14-5-6/h5H,3-4H2,1-2H3,(H,10,11)(H,12,13). The van der Waals surface area contributed by atoms with Gasteiger partial charge in [-0.2, -0.15) is 0 Å². The molecule has 0 atom stereocenters. The molecule has 0 spiro atoms. The van der Waals surface area contributed by atoms with Crippen LogP contribution in [-0.4, -0.2) is 29.1 Å². The molecule has 2 N–H and O–H groups in total. The molecule has 1 rings (SSSR count). The molecule has 0 radical (unpaired) electrons. The quantitative estimate of drug-likeness (QED) is 0.684. The van der Waals surface area contributed by atoms with Gasteiger partial charge in [0.1, 0.15) is 5.54 Å². The molecule has 0 aromatic heterocycles. The summed E-state index contributed by atoms with van der Waals surface area (Å²) in [5.41, 5.74) is -0.764. The van der Waals surface area contributed by atoms with Crippen LogP contribution in [0.5, 0.6) is 0 Å². The van der Waals surface area contributed by atoms with Crippen LogP contribution in [0.15, 0.2) is 11.8 Å². The van der Waals surface area contributed by atoms with Gasteiger partial charge in [0.05, 0.1) is 18.4 Å². The number of carbonyl (C=O) groups excluding carboxylic acids is 1. The third-order valence-corrected chi connectivity index (χ3v) is 1.97. The number of hydrogen-bond acceptors (Lipinski definition) is 3. The van der Waals surface area contributed by atoms with E-state index in [1.54, 1.807) is 0 Å². The zero-order valence-electron chi connectivity index (χ0n) is 8.16. The highest BCUT2D eigenvalue weighted by Crippen LogP contribution is 2.12. The van der Waals surface area contributed by atoms with Gasteiger partial charge in [0.2, 0.25) is 0 Å². The van der Waals surface area contributed by atoms with E-state index in [4.69, 9.17) is 9.84 Å². The number of ether oxygens (including phenoxy) is 1. The van der Waals surface area contributed by atoms with Gasteiger partial charge in [-0.3, -0.25) is 4.79 Å². The van der Waals surface area contributed by atoms with Gasteiger partial charge in [-0.05, 0) is 13.8 Å². The van der Waals surface area contributed by atoms with E-state index in [0.29, 0.717) is 18.6 Å². The lowest BCUT2D eigenvalue weighted by Crippen LogP contribution is -2.50. The number of carboxylic acid groups (broad SMARTS) is 1. The van der Waals surface area contributed by atoms with Gasteiger partial charge >= 0.3 is 5.97 Å². The molecule has 0 bridgehead atoms. The zero-order chi connectivity index (χ0) is 10.8. The monoisotopic (exact) mass is 199 g/mol. The van der Waals surface area contributed by atoms with Crippen LogP contribution >= 0.6 is 0 Å². The Hall–Kier alpha value is -1.52. The third-order valence-electron chi connectivity index (χ3n) is 1.97. The van der Waals surface area contributed by atoms with Crippen LogP contribution in [0.1, 0.15) is 20.3 Å². The first-order chi connectivity index (χ1) is 6.43. The van der Waals surface area contributed by atoms with Crippen molar-refractivity contribution in [2.75, 3.05) is 6.61 Å². The highest BCUT2D eigenvalue weighted by Gasteiger charge is 2.30. The molecular weight excluding hydrogens is 186 g/mol. The number of carboxylic acids is 1. The molecule has 0 aromatic rings. The molecule has 0 aromatic carbocycles. The van der Waals surface area contributed by atoms with Gasteiger partial charge in [-0.1, -0.05) is 0 Å². The molecule has 0 fully saturated rings. The van der Waals surface area contributed by atoms with Crippen molar-refractivity contribution in [2.45, 2.75) is 25.8 Å². The Bertz CT molecular complexity index is 293. The summed E-state index contributed by atoms with van der Waals surface area (Å²) >= 11 is 0. The molecule has 5 nitrogen and oxygen atoms in total. The fourth-order valence-electron chi connectivity index (χ4n) is 0.972. The molecule has 0 aliphatic carbocycles. The number of nitrogens with one attached hydrogen (secondary N) is 1. The lowest BCUT2D eigenvalue weighted by atomic mass is 10.1. The lowest BCUT2D eigenvalue weighted by molar-refractivity contribution is -0.145. The predicted octanol–water partition coefficient (Wildman–Crippen LogP) is 0.270. The van der Waals surface area contributed by atoms with Gasteiger partial charge in [0.15, 0.2) is 0 Å². The maximum atomic E-state index is 11.4. The zero-order valence-corrected chi connectivity index (χ0v) is 8.16. The first-order valence-corrected chi connectivity index (χ1v) is 4.30. The SMILES string of the molecule is CC(C)(NC(=O)C1=COCC1)C(=O)O. The van der Waals surface area contributed by atoms with E-state index in [9.17, 15) is 9.59 Å². The van der Waals surface area contributed by atoms with Gasteiger partial charge in [0, 0.05) is 6.42 Å². The third kappa shape index (κ3) is 2.25. The largest absolute Gasteiger partial charge is 0.500 e. The topological polar surface area (TPSA) is 75.6 Å². The Labute approximate surface area is 81.7 Å². The fraction of sp³-hybridized carbons (Fsp3) is 0.556. The van der Waals surface area contributed by atoms with Crippen molar-refractivity contribution in [3.05, 3.63) is 11.8 Å². The number of hydrogen-bond donors (Lipinski definition) is 2. The summed E-state index contributed by atoms with van der Waals surface area (Å²) in [6.07, 6.45) is 1.90. The van der Waals surface area contributed by atoms with Crippen LogP contribution in [0.25, 0.3) is 0 Å². The summed E-state index contributed by atoms with van der Waals surface area (Å²) in [6.45, 7) is 3.35. The Morgan fingerprint density at radius 1 is 1.57 bits per heavy atom. The van der Waals surface area contributed by atoms with Crippen molar-refractivity contribution in [1.82, 2.24) is 5.32 Å². The van der Waals surface area contributed by atoms with Crippen LogP contribution in [0.2, 0.25) is 0 Å². The summed E-state index contributed by atoms with van der Waals surface area (Å²) in [4.78, 5) is 22.1. The maximum absolute atomic E-state index is 11.4. The molecule has 1 heterocycles. The van der Waals surface area contributed by atoms with Crippen LogP contribution in [0.3, 0.4) is 0 Å². The first kappa shape index (κ1) is 10.6. The van der Waals surface area contributed by atoms with Crippen molar-refractivity contribution in [3.8, 4) is 0 Å². The van der Waals surface area contributed by atoms with Crippen LogP contribution in [-0.2, 0) is 14.3 Å². The minimum Gasteiger partial charge on any atom is -0.500 e. The molecule has 1 aliphatic heterocycles. The van der Waals surface area contributed by atoms with Gasteiger partial charge in [-0.25, -0.2) is 4.79 Å². The minimum absolute atomic E-state index is 0.380. The molecular formula is C9H13NO4. The average Bonchev–Trinajstić information content (AvgIpc) is 2.54. The van der Waals surface area contributed by atoms with Gasteiger partial charge < -0.3 is 15.2 Å². The summed E-state index contributed by atoms with van der Waals surface area (Å²) in [5.74, 6) is -1.44. The summed E-state index contributed by atoms with van der Waals surface area (Å²) in [7, 11) is 0. The molecule has 0 unspecified atom stereocenters. The van der Waals surface area contributed by atoms with E-state index in [1.165, 1.54) is 20.1 Å². The molecule has 0 saturated heterocycles. The number of carbonyl (C=O) groups is 2. The van der Waals surface area contributed by atoms with E-state index in [-0.39, 0.29) is 5.91 Å². The van der Waals surface area contributed by atoms with Crippen molar-refractivity contribution in [3.63, 3.8) is 0 Å². The normalized spacial score (nSPS) is 15.7. The molecule has 1 amide bonds. The van der Waals surface area contributed by atoms with Crippen molar-refractivity contribution >= 4 is 11.9 Å². The Balaban J connectivity index is 2.60. The highest BCUT2D eigenvalue weighted by atomic mass is 16.5. The van der Waals surface area contributed by atoms with E-state index in [2.05, 4.69) is 5.32 Å². The van der Waals surface area contributed by atoms with E-state index in [1.807, 2.05) is 0 Å². The minimum atomic E-state index is -1.25.